The summed E-state index contributed by atoms with van der Waals surface area (Å²) in [6.07, 6.45) is 2.79. The van der Waals surface area contributed by atoms with Crippen molar-refractivity contribution in [2.45, 2.75) is 33.0 Å². The summed E-state index contributed by atoms with van der Waals surface area (Å²) in [6.45, 7) is 3.62. The fourth-order valence-corrected chi connectivity index (χ4v) is 3.76. The molecule has 0 aliphatic carbocycles. The zero-order valence-electron chi connectivity index (χ0n) is 19.0. The molecule has 0 saturated carbocycles. The highest BCUT2D eigenvalue weighted by molar-refractivity contribution is 5.99. The molecule has 0 bridgehead atoms. The van der Waals surface area contributed by atoms with Gasteiger partial charge >= 0.3 is 0 Å². The number of hydrogen-bond acceptors (Lipinski definition) is 6. The van der Waals surface area contributed by atoms with Crippen molar-refractivity contribution >= 4 is 11.8 Å². The number of nitrogens with zero attached hydrogens (tertiary/aromatic N) is 4. The quantitative estimate of drug-likeness (QED) is 0.556. The van der Waals surface area contributed by atoms with Gasteiger partial charge < -0.3 is 15.3 Å². The molecule has 0 spiro atoms. The van der Waals surface area contributed by atoms with Gasteiger partial charge in [0.2, 0.25) is 5.43 Å². The lowest BCUT2D eigenvalue weighted by Gasteiger charge is -2.41. The fourth-order valence-electron chi connectivity index (χ4n) is 3.76. The molecule has 3 aromatic rings. The third-order valence-corrected chi connectivity index (χ3v) is 5.64. The molecule has 11 heteroatoms. The van der Waals surface area contributed by atoms with Crippen LogP contribution in [0.25, 0.3) is 0 Å². The molecule has 9 nitrogen and oxygen atoms in total. The van der Waals surface area contributed by atoms with Gasteiger partial charge in [-0.3, -0.25) is 29.1 Å². The van der Waals surface area contributed by atoms with E-state index in [0.29, 0.717) is 11.8 Å². The number of pyridine rings is 2. The second-order valence-corrected chi connectivity index (χ2v) is 8.33. The summed E-state index contributed by atoms with van der Waals surface area (Å²) in [5, 5.41) is 14.7. The highest BCUT2D eigenvalue weighted by Crippen LogP contribution is 2.23. The Bertz CT molecular complexity index is 1340. The second kappa shape index (κ2) is 9.53. The number of fused-ring (bicyclic) bond motifs is 1. The first-order chi connectivity index (χ1) is 16.7. The van der Waals surface area contributed by atoms with Crippen molar-refractivity contribution < 1.29 is 23.5 Å². The summed E-state index contributed by atoms with van der Waals surface area (Å²) in [6, 6.07) is 8.01. The molecule has 2 amide bonds. The van der Waals surface area contributed by atoms with Gasteiger partial charge in [-0.05, 0) is 32.0 Å². The van der Waals surface area contributed by atoms with Crippen LogP contribution >= 0.6 is 0 Å². The molecule has 1 aliphatic heterocycles. The van der Waals surface area contributed by atoms with Crippen LogP contribution in [0.4, 0.5) is 8.78 Å². The summed E-state index contributed by atoms with van der Waals surface area (Å²) in [4.78, 5) is 44.5. The highest BCUT2D eigenvalue weighted by Gasteiger charge is 2.35. The average Bonchev–Trinajstić information content (AvgIpc) is 2.82. The largest absolute Gasteiger partial charge is 0.502 e. The van der Waals surface area contributed by atoms with Gasteiger partial charge in [0.15, 0.2) is 11.4 Å². The van der Waals surface area contributed by atoms with Crippen LogP contribution in [0.15, 0.2) is 53.6 Å². The zero-order chi connectivity index (χ0) is 25.3. The molecule has 0 atom stereocenters. The Labute approximate surface area is 199 Å². The molecule has 0 unspecified atom stereocenters. The van der Waals surface area contributed by atoms with Gasteiger partial charge in [0.25, 0.3) is 11.8 Å². The van der Waals surface area contributed by atoms with Gasteiger partial charge in [-0.2, -0.15) is 0 Å². The lowest BCUT2D eigenvalue weighted by Crippen LogP contribution is -2.56. The smallest absolute Gasteiger partial charge is 0.278 e. The van der Waals surface area contributed by atoms with Crippen molar-refractivity contribution in [2.75, 3.05) is 11.7 Å². The maximum Gasteiger partial charge on any atom is 0.278 e. The molecule has 182 valence electrons. The van der Waals surface area contributed by atoms with Crippen LogP contribution in [0.2, 0.25) is 0 Å². The Balaban J connectivity index is 1.71. The molecule has 1 aliphatic rings. The number of aromatic hydroxyl groups is 1. The summed E-state index contributed by atoms with van der Waals surface area (Å²) in [5.41, 5.74) is -1.07. The summed E-state index contributed by atoms with van der Waals surface area (Å²) < 4.78 is 28.3. The van der Waals surface area contributed by atoms with Crippen LogP contribution in [-0.4, -0.2) is 44.2 Å². The first kappa shape index (κ1) is 23.9. The minimum Gasteiger partial charge on any atom is -0.502 e. The molecule has 2 aromatic heterocycles. The maximum absolute atomic E-state index is 13.9. The molecule has 0 saturated heterocycles. The Morgan fingerprint density at radius 1 is 1.20 bits per heavy atom. The number of hydrogen-bond donors (Lipinski definition) is 2. The van der Waals surface area contributed by atoms with Crippen molar-refractivity contribution in [2.24, 2.45) is 0 Å². The fraction of sp³-hybridized carbons (Fsp3) is 0.250. The first-order valence-corrected chi connectivity index (χ1v) is 10.8. The highest BCUT2D eigenvalue weighted by atomic mass is 19.1. The number of carbonyl (C=O) groups is 2. The van der Waals surface area contributed by atoms with E-state index in [4.69, 9.17) is 0 Å². The van der Waals surface area contributed by atoms with Gasteiger partial charge in [0, 0.05) is 36.6 Å². The SMILES string of the molecule is CC(C)N1CN(Cc2ccccn2)n2cc(C(=O)NCc3ccc(F)cc3F)c(=O)c(O)c2C1=O. The Hall–Kier alpha value is -4.28. The van der Waals surface area contributed by atoms with Crippen LogP contribution < -0.4 is 15.8 Å². The van der Waals surface area contributed by atoms with E-state index in [1.54, 1.807) is 43.3 Å². The predicted octanol–water partition coefficient (Wildman–Crippen LogP) is 2.12. The minimum absolute atomic E-state index is 0.0153. The van der Waals surface area contributed by atoms with Crippen LogP contribution in [0, 0.1) is 11.6 Å². The number of nitrogens with one attached hydrogen (secondary N) is 1. The predicted molar refractivity (Wildman–Crippen MR) is 122 cm³/mol. The number of carbonyl (C=O) groups excluding carboxylic acids is 2. The Morgan fingerprint density at radius 2 is 1.97 bits per heavy atom. The normalized spacial score (nSPS) is 13.2. The van der Waals surface area contributed by atoms with Gasteiger partial charge in [-0.1, -0.05) is 12.1 Å². The van der Waals surface area contributed by atoms with Gasteiger partial charge in [0.1, 0.15) is 23.9 Å². The minimum atomic E-state index is -1.04. The Morgan fingerprint density at radius 3 is 2.63 bits per heavy atom. The van der Waals surface area contributed by atoms with Crippen molar-refractivity contribution in [1.82, 2.24) is 19.9 Å². The van der Waals surface area contributed by atoms with Crippen LogP contribution in [0.3, 0.4) is 0 Å². The van der Waals surface area contributed by atoms with Crippen molar-refractivity contribution in [3.05, 3.63) is 93.2 Å². The molecule has 1 aromatic carbocycles. The van der Waals surface area contributed by atoms with E-state index in [0.717, 1.165) is 6.07 Å². The van der Waals surface area contributed by atoms with Crippen molar-refractivity contribution in [3.8, 4) is 5.75 Å². The third kappa shape index (κ3) is 4.70. The van der Waals surface area contributed by atoms with E-state index in [1.165, 1.54) is 21.8 Å². The van der Waals surface area contributed by atoms with Crippen LogP contribution in [0.5, 0.6) is 5.75 Å². The van der Waals surface area contributed by atoms with Crippen molar-refractivity contribution in [3.63, 3.8) is 0 Å². The molecule has 0 radical (unpaired) electrons. The van der Waals surface area contributed by atoms with Crippen molar-refractivity contribution in [1.29, 1.82) is 0 Å². The molecule has 3 heterocycles. The topological polar surface area (TPSA) is 108 Å². The van der Waals surface area contributed by atoms with E-state index < -0.39 is 40.2 Å². The number of halogens is 2. The third-order valence-electron chi connectivity index (χ3n) is 5.64. The molecule has 35 heavy (non-hydrogen) atoms. The second-order valence-electron chi connectivity index (χ2n) is 8.33. The van der Waals surface area contributed by atoms with E-state index >= 15 is 0 Å². The van der Waals surface area contributed by atoms with E-state index in [-0.39, 0.29) is 37.1 Å². The van der Waals surface area contributed by atoms with E-state index in [9.17, 15) is 28.3 Å². The molecule has 0 fully saturated rings. The zero-order valence-corrected chi connectivity index (χ0v) is 19.0. The summed E-state index contributed by atoms with van der Waals surface area (Å²) >= 11 is 0. The lowest BCUT2D eigenvalue weighted by atomic mass is 10.1. The lowest BCUT2D eigenvalue weighted by molar-refractivity contribution is 0.0626. The van der Waals surface area contributed by atoms with Crippen LogP contribution in [-0.2, 0) is 13.1 Å². The maximum atomic E-state index is 13.9. The van der Waals surface area contributed by atoms with E-state index in [2.05, 4.69) is 10.3 Å². The monoisotopic (exact) mass is 483 g/mol. The first-order valence-electron chi connectivity index (χ1n) is 10.8. The number of aromatic nitrogens is 2. The molecular weight excluding hydrogens is 460 g/mol. The number of rotatable bonds is 6. The average molecular weight is 483 g/mol. The van der Waals surface area contributed by atoms with Gasteiger partial charge in [0.05, 0.1) is 12.2 Å². The summed E-state index contributed by atoms with van der Waals surface area (Å²) in [5.74, 6) is -3.93. The standard InChI is InChI=1S/C24H23F2N5O4/c1-14(2)30-13-29(11-17-5-3-4-8-27-17)31-12-18(21(32)22(33)20(31)24(30)35)23(34)28-10-15-6-7-16(25)9-19(15)26/h3-9,12,14,33H,10-11,13H2,1-2H3,(H,28,34). The van der Waals surface area contributed by atoms with Gasteiger partial charge in [-0.15, -0.1) is 0 Å². The van der Waals surface area contributed by atoms with E-state index in [1.807, 2.05) is 0 Å². The molecule has 4 rings (SSSR count). The molecular formula is C24H23F2N5O4. The summed E-state index contributed by atoms with van der Waals surface area (Å²) in [7, 11) is 0. The molecule has 2 N–H and O–H groups in total. The Kier molecular flexibility index (Phi) is 6.50. The van der Waals surface area contributed by atoms with Crippen LogP contribution in [0.1, 0.15) is 46.0 Å². The number of benzene rings is 1. The number of amides is 2. The van der Waals surface area contributed by atoms with Gasteiger partial charge in [-0.25, -0.2) is 8.78 Å².